The number of hydrogen-bond acceptors (Lipinski definition) is 6. The van der Waals surface area contributed by atoms with Crippen LogP contribution < -0.4 is 10.4 Å². The maximum Gasteiger partial charge on any atom is 0.353 e. The third kappa shape index (κ3) is 6.49. The fourth-order valence-corrected chi connectivity index (χ4v) is 4.32. The van der Waals surface area contributed by atoms with E-state index < -0.39 is 0 Å². The number of ether oxygens (including phenoxy) is 3. The highest BCUT2D eigenvalue weighted by molar-refractivity contribution is 5.14. The van der Waals surface area contributed by atoms with Gasteiger partial charge in [0.05, 0.1) is 32.5 Å². The van der Waals surface area contributed by atoms with Crippen LogP contribution in [0.2, 0.25) is 0 Å². The lowest BCUT2D eigenvalue weighted by Gasteiger charge is -2.36. The molecule has 0 amide bonds. The monoisotopic (exact) mass is 449 g/mol. The summed E-state index contributed by atoms with van der Waals surface area (Å²) in [7, 11) is 0. The molecular formula is C26H31N3O4. The summed E-state index contributed by atoms with van der Waals surface area (Å²) in [5.41, 5.74) is 1.97. The number of hydrogen-bond donors (Lipinski definition) is 0. The molecule has 1 unspecified atom stereocenters. The fraction of sp³-hybridized carbons (Fsp3) is 0.423. The van der Waals surface area contributed by atoms with Gasteiger partial charge in [0.1, 0.15) is 6.33 Å². The minimum absolute atomic E-state index is 0.00933. The van der Waals surface area contributed by atoms with E-state index in [0.717, 1.165) is 30.4 Å². The Labute approximate surface area is 194 Å². The summed E-state index contributed by atoms with van der Waals surface area (Å²) < 4.78 is 19.3. The molecule has 174 valence electrons. The Hall–Kier alpha value is -3.03. The summed E-state index contributed by atoms with van der Waals surface area (Å²) in [4.78, 5) is 20.7. The van der Waals surface area contributed by atoms with E-state index in [9.17, 15) is 4.79 Å². The molecule has 0 spiro atoms. The zero-order valence-electron chi connectivity index (χ0n) is 19.0. The molecule has 3 atom stereocenters. The Morgan fingerprint density at radius 2 is 1.67 bits per heavy atom. The van der Waals surface area contributed by atoms with Crippen LogP contribution in [0.1, 0.15) is 43.4 Å². The highest BCUT2D eigenvalue weighted by Gasteiger charge is 2.33. The third-order valence-corrected chi connectivity index (χ3v) is 6.01. The predicted octanol–water partition coefficient (Wildman–Crippen LogP) is 4.18. The van der Waals surface area contributed by atoms with Crippen molar-refractivity contribution in [3.05, 3.63) is 88.6 Å². The first-order valence-corrected chi connectivity index (χ1v) is 11.6. The lowest BCUT2D eigenvalue weighted by Crippen LogP contribution is -2.38. The van der Waals surface area contributed by atoms with E-state index in [0.29, 0.717) is 26.4 Å². The van der Waals surface area contributed by atoms with E-state index in [1.54, 1.807) is 10.9 Å². The van der Waals surface area contributed by atoms with Gasteiger partial charge in [-0.25, -0.2) is 4.79 Å². The number of rotatable bonds is 10. The minimum Gasteiger partial charge on any atom is -0.464 e. The van der Waals surface area contributed by atoms with Crippen molar-refractivity contribution in [2.45, 2.75) is 51.5 Å². The van der Waals surface area contributed by atoms with E-state index in [4.69, 9.17) is 14.2 Å². The fourth-order valence-electron chi connectivity index (χ4n) is 4.32. The summed E-state index contributed by atoms with van der Waals surface area (Å²) in [6.45, 7) is 3.95. The average Bonchev–Trinajstić information content (AvgIpc) is 2.85. The van der Waals surface area contributed by atoms with Crippen molar-refractivity contribution in [1.82, 2.24) is 14.5 Å². The van der Waals surface area contributed by atoms with Crippen LogP contribution in [0.4, 0.5) is 0 Å². The zero-order valence-corrected chi connectivity index (χ0v) is 19.0. The normalized spacial score (nSPS) is 20.5. The smallest absolute Gasteiger partial charge is 0.353 e. The standard InChI is InChI=1S/C26H31N3O4/c1-2-32-25-27-19-29(26(30)28-25)23-13-14-24(33-17-21-11-7-4-8-12-21)22(15-23)18-31-16-20-9-5-3-6-10-20/h3-12,19,22-24H,2,13-18H2,1H3/t22-,23+,24?/m1/s1. The van der Waals surface area contributed by atoms with Gasteiger partial charge in [0, 0.05) is 12.0 Å². The second-order valence-corrected chi connectivity index (χ2v) is 8.32. The van der Waals surface area contributed by atoms with Gasteiger partial charge in [0.25, 0.3) is 0 Å². The van der Waals surface area contributed by atoms with E-state index in [1.807, 2.05) is 43.3 Å². The Morgan fingerprint density at radius 1 is 0.970 bits per heavy atom. The molecule has 0 bridgehead atoms. The van der Waals surface area contributed by atoms with Gasteiger partial charge in [-0.3, -0.25) is 4.57 Å². The molecule has 1 heterocycles. The highest BCUT2D eigenvalue weighted by atomic mass is 16.5. The first-order valence-electron chi connectivity index (χ1n) is 11.6. The molecular weight excluding hydrogens is 418 g/mol. The summed E-state index contributed by atoms with van der Waals surface area (Å²) in [5, 5.41) is 0. The van der Waals surface area contributed by atoms with Crippen LogP contribution in [-0.2, 0) is 22.7 Å². The van der Waals surface area contributed by atoms with Gasteiger partial charge < -0.3 is 14.2 Å². The number of nitrogens with zero attached hydrogens (tertiary/aromatic N) is 3. The quantitative estimate of drug-likeness (QED) is 0.462. The molecule has 33 heavy (non-hydrogen) atoms. The third-order valence-electron chi connectivity index (χ3n) is 6.01. The van der Waals surface area contributed by atoms with Crippen molar-refractivity contribution in [1.29, 1.82) is 0 Å². The molecule has 1 aliphatic rings. The van der Waals surface area contributed by atoms with Crippen LogP contribution in [0, 0.1) is 5.92 Å². The van der Waals surface area contributed by atoms with Gasteiger partial charge in [-0.2, -0.15) is 4.98 Å². The van der Waals surface area contributed by atoms with Crippen LogP contribution in [0.3, 0.4) is 0 Å². The van der Waals surface area contributed by atoms with E-state index in [-0.39, 0.29) is 29.8 Å². The first kappa shape index (κ1) is 23.1. The maximum atomic E-state index is 12.6. The molecule has 0 aliphatic heterocycles. The molecule has 0 radical (unpaired) electrons. The lowest BCUT2D eigenvalue weighted by atomic mass is 9.83. The van der Waals surface area contributed by atoms with Crippen LogP contribution in [0.5, 0.6) is 6.01 Å². The van der Waals surface area contributed by atoms with Crippen molar-refractivity contribution in [3.63, 3.8) is 0 Å². The van der Waals surface area contributed by atoms with E-state index >= 15 is 0 Å². The number of aromatic nitrogens is 3. The second-order valence-electron chi connectivity index (χ2n) is 8.32. The summed E-state index contributed by atoms with van der Waals surface area (Å²) in [6, 6.07) is 20.5. The summed E-state index contributed by atoms with van der Waals surface area (Å²) in [5.74, 6) is 0.162. The second kappa shape index (κ2) is 11.7. The predicted molar refractivity (Wildman–Crippen MR) is 125 cm³/mol. The Morgan fingerprint density at radius 3 is 2.33 bits per heavy atom. The van der Waals surface area contributed by atoms with Crippen LogP contribution >= 0.6 is 0 Å². The molecule has 1 aliphatic carbocycles. The van der Waals surface area contributed by atoms with Crippen molar-refractivity contribution in [3.8, 4) is 6.01 Å². The summed E-state index contributed by atoms with van der Waals surface area (Å²) >= 11 is 0. The zero-order chi connectivity index (χ0) is 22.9. The van der Waals surface area contributed by atoms with Gasteiger partial charge in [-0.15, -0.1) is 4.98 Å². The highest BCUT2D eigenvalue weighted by Crippen LogP contribution is 2.34. The van der Waals surface area contributed by atoms with Gasteiger partial charge in [0.2, 0.25) is 0 Å². The van der Waals surface area contributed by atoms with Gasteiger partial charge in [-0.1, -0.05) is 60.7 Å². The molecule has 1 saturated carbocycles. The largest absolute Gasteiger partial charge is 0.464 e. The Bertz CT molecular complexity index is 1040. The Balaban J connectivity index is 1.43. The van der Waals surface area contributed by atoms with E-state index in [2.05, 4.69) is 34.2 Å². The van der Waals surface area contributed by atoms with Crippen LogP contribution in [0.25, 0.3) is 0 Å². The Kier molecular flexibility index (Phi) is 8.22. The SMILES string of the molecule is CCOc1ncn([C@H]2CCC(OCc3ccccc3)[C@@H](COCc3ccccc3)C2)c(=O)n1. The topological polar surface area (TPSA) is 75.5 Å². The maximum absolute atomic E-state index is 12.6. The molecule has 1 fully saturated rings. The van der Waals surface area contributed by atoms with Gasteiger partial charge >= 0.3 is 11.7 Å². The van der Waals surface area contributed by atoms with Crippen LogP contribution in [-0.4, -0.2) is 33.9 Å². The van der Waals surface area contributed by atoms with Gasteiger partial charge in [-0.05, 0) is 37.3 Å². The average molecular weight is 450 g/mol. The van der Waals surface area contributed by atoms with E-state index in [1.165, 1.54) is 0 Å². The molecule has 1 aromatic heterocycles. The van der Waals surface area contributed by atoms with Crippen molar-refractivity contribution in [2.75, 3.05) is 13.2 Å². The van der Waals surface area contributed by atoms with Gasteiger partial charge in [0.15, 0.2) is 0 Å². The summed E-state index contributed by atoms with van der Waals surface area (Å²) in [6.07, 6.45) is 4.06. The molecule has 0 saturated heterocycles. The lowest BCUT2D eigenvalue weighted by molar-refractivity contribution is -0.0623. The number of benzene rings is 2. The van der Waals surface area contributed by atoms with Crippen LogP contribution in [0.15, 0.2) is 71.8 Å². The first-order chi connectivity index (χ1) is 16.2. The van der Waals surface area contributed by atoms with Crippen molar-refractivity contribution in [2.24, 2.45) is 5.92 Å². The molecule has 4 rings (SSSR count). The molecule has 2 aromatic carbocycles. The molecule has 0 N–H and O–H groups in total. The molecule has 7 nitrogen and oxygen atoms in total. The van der Waals surface area contributed by atoms with Crippen molar-refractivity contribution >= 4 is 0 Å². The molecule has 7 heteroatoms. The minimum atomic E-state index is -0.328. The van der Waals surface area contributed by atoms with Crippen molar-refractivity contribution < 1.29 is 14.2 Å². The molecule has 3 aromatic rings.